The second-order valence-corrected chi connectivity index (χ2v) is 11.4. The van der Waals surface area contributed by atoms with Crippen LogP contribution in [0.2, 0.25) is 0 Å². The largest absolute Gasteiger partial charge is 0.496 e. The van der Waals surface area contributed by atoms with E-state index in [2.05, 4.69) is 15.6 Å². The highest BCUT2D eigenvalue weighted by atomic mass is 19.4. The Morgan fingerprint density at radius 2 is 1.95 bits per heavy atom. The van der Waals surface area contributed by atoms with Crippen molar-refractivity contribution in [1.82, 2.24) is 25.8 Å². The molecule has 0 bridgehead atoms. The molecule has 3 fully saturated rings. The maximum Gasteiger partial charge on any atom is 0.405 e. The van der Waals surface area contributed by atoms with Crippen molar-refractivity contribution in [3.8, 4) is 5.75 Å². The van der Waals surface area contributed by atoms with Gasteiger partial charge in [0.25, 0.3) is 11.8 Å². The van der Waals surface area contributed by atoms with Gasteiger partial charge in [0.1, 0.15) is 24.0 Å². The number of rotatable bonds is 10. The number of aromatic amines is 1. The number of hydrogen-bond acceptors (Lipinski definition) is 6. The normalized spacial score (nSPS) is 24.0. The molecule has 232 valence electrons. The number of methoxy groups -OCH3 is 1. The van der Waals surface area contributed by atoms with Gasteiger partial charge < -0.3 is 30.6 Å². The lowest BCUT2D eigenvalue weighted by atomic mass is 9.92. The number of amides is 4. The van der Waals surface area contributed by atoms with E-state index in [4.69, 9.17) is 4.74 Å². The van der Waals surface area contributed by atoms with E-state index in [1.165, 1.54) is 12.0 Å². The standard InChI is InChI=1S/C29H34F3N5O6/c1-43-22-7-3-6-19-18(22)12-21(35-19)28(42)37-13-16-4-2-5-17(16)23(37)26(40)36-20(9-8-15-10-11-33-25(15)39)24(38)27(41)34-14-29(30,31)32/h3,6-7,12,15-17,20,23,35H,2,4-5,8-11,13-14H2,1H3,(H,33,39)(H,34,41)(H,36,40)/t15-,16+,17+,20+,23+/m1/s1. The third kappa shape index (κ3) is 6.47. The van der Waals surface area contributed by atoms with Gasteiger partial charge in [-0.2, -0.15) is 13.2 Å². The Morgan fingerprint density at radius 3 is 2.65 bits per heavy atom. The summed E-state index contributed by atoms with van der Waals surface area (Å²) >= 11 is 0. The van der Waals surface area contributed by atoms with Gasteiger partial charge in [-0.05, 0) is 62.1 Å². The van der Waals surface area contributed by atoms with Gasteiger partial charge in [0, 0.05) is 29.9 Å². The molecule has 1 aromatic heterocycles. The van der Waals surface area contributed by atoms with E-state index in [0.29, 0.717) is 42.6 Å². The minimum Gasteiger partial charge on any atom is -0.496 e. The van der Waals surface area contributed by atoms with E-state index >= 15 is 0 Å². The number of ether oxygens (including phenoxy) is 1. The lowest BCUT2D eigenvalue weighted by molar-refractivity contribution is -0.147. The van der Waals surface area contributed by atoms with Crippen LogP contribution in [0.25, 0.3) is 10.9 Å². The third-order valence-corrected chi connectivity index (χ3v) is 8.77. The maximum atomic E-state index is 13.8. The summed E-state index contributed by atoms with van der Waals surface area (Å²) in [5.74, 6) is -4.02. The van der Waals surface area contributed by atoms with Crippen LogP contribution in [0, 0.1) is 17.8 Å². The SMILES string of the molecule is COc1cccc2[nH]c(C(=O)N3C[C@@H]4CCC[C@@H]4[C@H]3C(=O)N[C@@H](CC[C@@H]3CCNC3=O)C(=O)C(=O)NCC(F)(F)F)cc12. The quantitative estimate of drug-likeness (QED) is 0.305. The molecular weight excluding hydrogens is 571 g/mol. The Labute approximate surface area is 245 Å². The number of Topliss-reactive ketones (excluding diaryl/α,β-unsaturated/α-hetero) is 1. The Kier molecular flexibility index (Phi) is 8.65. The van der Waals surface area contributed by atoms with Gasteiger partial charge in [-0.15, -0.1) is 0 Å². The summed E-state index contributed by atoms with van der Waals surface area (Å²) in [5, 5.41) is 7.52. The van der Waals surface area contributed by atoms with Crippen molar-refractivity contribution in [2.45, 2.75) is 56.8 Å². The second-order valence-electron chi connectivity index (χ2n) is 11.4. The van der Waals surface area contributed by atoms with Gasteiger partial charge in [-0.1, -0.05) is 12.5 Å². The molecule has 2 aromatic rings. The van der Waals surface area contributed by atoms with Crippen molar-refractivity contribution >= 4 is 40.3 Å². The van der Waals surface area contributed by atoms with Crippen molar-refractivity contribution in [1.29, 1.82) is 0 Å². The molecule has 0 spiro atoms. The van der Waals surface area contributed by atoms with Crippen LogP contribution in [0.15, 0.2) is 24.3 Å². The van der Waals surface area contributed by atoms with Crippen LogP contribution in [0.1, 0.15) is 49.0 Å². The average molecular weight is 606 g/mol. The van der Waals surface area contributed by atoms with Crippen LogP contribution in [0.3, 0.4) is 0 Å². The third-order valence-electron chi connectivity index (χ3n) is 8.77. The summed E-state index contributed by atoms with van der Waals surface area (Å²) in [6.45, 7) is -0.934. The van der Waals surface area contributed by atoms with Gasteiger partial charge in [0.15, 0.2) is 0 Å². The first-order chi connectivity index (χ1) is 20.5. The molecule has 14 heteroatoms. The molecule has 4 amide bonds. The van der Waals surface area contributed by atoms with Gasteiger partial charge in [-0.3, -0.25) is 24.0 Å². The number of carbonyl (C=O) groups excluding carboxylic acids is 5. The van der Waals surface area contributed by atoms with Crippen LogP contribution < -0.4 is 20.7 Å². The zero-order valence-corrected chi connectivity index (χ0v) is 23.6. The highest BCUT2D eigenvalue weighted by Gasteiger charge is 2.50. The maximum absolute atomic E-state index is 13.8. The molecule has 43 heavy (non-hydrogen) atoms. The zero-order valence-electron chi connectivity index (χ0n) is 23.6. The van der Waals surface area contributed by atoms with E-state index in [-0.39, 0.29) is 36.3 Å². The first-order valence-corrected chi connectivity index (χ1v) is 14.4. The van der Waals surface area contributed by atoms with Crippen molar-refractivity contribution < 1.29 is 41.9 Å². The molecule has 3 aliphatic rings. The van der Waals surface area contributed by atoms with Crippen LogP contribution in [0.4, 0.5) is 13.2 Å². The molecule has 1 aromatic carbocycles. The number of hydrogen-bond donors (Lipinski definition) is 4. The summed E-state index contributed by atoms with van der Waals surface area (Å²) in [5.41, 5.74) is 0.929. The van der Waals surface area contributed by atoms with Crippen LogP contribution in [0.5, 0.6) is 5.75 Å². The van der Waals surface area contributed by atoms with Gasteiger partial charge in [0.05, 0.1) is 13.2 Å². The molecule has 0 unspecified atom stereocenters. The van der Waals surface area contributed by atoms with Crippen molar-refractivity contribution in [2.75, 3.05) is 26.7 Å². The van der Waals surface area contributed by atoms with E-state index in [1.807, 2.05) is 0 Å². The first kappa shape index (κ1) is 30.4. The number of nitrogens with one attached hydrogen (secondary N) is 4. The van der Waals surface area contributed by atoms with Crippen LogP contribution in [-0.2, 0) is 19.2 Å². The molecule has 2 saturated heterocycles. The molecule has 5 rings (SSSR count). The van der Waals surface area contributed by atoms with Gasteiger partial charge >= 0.3 is 6.18 Å². The highest BCUT2D eigenvalue weighted by molar-refractivity contribution is 6.38. The number of fused-ring (bicyclic) bond motifs is 2. The Hall–Kier alpha value is -4.10. The minimum atomic E-state index is -4.73. The molecule has 4 N–H and O–H groups in total. The van der Waals surface area contributed by atoms with E-state index in [9.17, 15) is 37.1 Å². The summed E-state index contributed by atoms with van der Waals surface area (Å²) in [6, 6.07) is 4.57. The summed E-state index contributed by atoms with van der Waals surface area (Å²) in [6.07, 6.45) is -1.85. The fourth-order valence-corrected chi connectivity index (χ4v) is 6.67. The molecule has 2 aliphatic heterocycles. The fourth-order valence-electron chi connectivity index (χ4n) is 6.67. The number of ketones is 1. The predicted octanol–water partition coefficient (Wildman–Crippen LogP) is 2.07. The second kappa shape index (κ2) is 12.3. The molecule has 1 saturated carbocycles. The average Bonchev–Trinajstić information content (AvgIpc) is 3.76. The van der Waals surface area contributed by atoms with Gasteiger partial charge in [0.2, 0.25) is 17.6 Å². The summed E-state index contributed by atoms with van der Waals surface area (Å²) in [4.78, 5) is 69.7. The van der Waals surface area contributed by atoms with Crippen molar-refractivity contribution in [2.24, 2.45) is 17.8 Å². The fraction of sp³-hybridized carbons (Fsp3) is 0.552. The number of likely N-dealkylation sites (tertiary alicyclic amines) is 1. The first-order valence-electron chi connectivity index (χ1n) is 14.4. The lowest BCUT2D eigenvalue weighted by Crippen LogP contribution is -2.55. The molecule has 3 heterocycles. The number of aromatic nitrogens is 1. The van der Waals surface area contributed by atoms with Gasteiger partial charge in [-0.25, -0.2) is 0 Å². The molecule has 0 radical (unpaired) electrons. The number of alkyl halides is 3. The Morgan fingerprint density at radius 1 is 1.16 bits per heavy atom. The number of halogens is 3. The van der Waals surface area contributed by atoms with E-state index in [1.54, 1.807) is 29.6 Å². The predicted molar refractivity (Wildman–Crippen MR) is 147 cm³/mol. The monoisotopic (exact) mass is 605 g/mol. The van der Waals surface area contributed by atoms with Crippen LogP contribution >= 0.6 is 0 Å². The van der Waals surface area contributed by atoms with E-state index in [0.717, 1.165) is 12.8 Å². The van der Waals surface area contributed by atoms with E-state index < -0.39 is 54.2 Å². The van der Waals surface area contributed by atoms with Crippen LogP contribution in [-0.4, -0.2) is 84.3 Å². The number of nitrogens with zero attached hydrogens (tertiary/aromatic N) is 1. The zero-order chi connectivity index (χ0) is 30.9. The summed E-state index contributed by atoms with van der Waals surface area (Å²) < 4.78 is 43.5. The van der Waals surface area contributed by atoms with Crippen molar-refractivity contribution in [3.05, 3.63) is 30.0 Å². The number of benzene rings is 1. The Bertz CT molecular complexity index is 1420. The Balaban J connectivity index is 1.37. The molecule has 5 atom stereocenters. The number of H-pyrrole nitrogens is 1. The summed E-state index contributed by atoms with van der Waals surface area (Å²) in [7, 11) is 1.52. The number of carbonyl (C=O) groups is 5. The smallest absolute Gasteiger partial charge is 0.405 e. The molecular formula is C29H34F3N5O6. The molecule has 11 nitrogen and oxygen atoms in total. The highest BCUT2D eigenvalue weighted by Crippen LogP contribution is 2.43. The lowest BCUT2D eigenvalue weighted by Gasteiger charge is -2.29. The molecule has 1 aliphatic carbocycles. The topological polar surface area (TPSA) is 150 Å². The van der Waals surface area contributed by atoms with Crippen molar-refractivity contribution in [3.63, 3.8) is 0 Å². The minimum absolute atomic E-state index is 0.0602.